The minimum Gasteiger partial charge on any atom is -0.305 e. The maximum absolute atomic E-state index is 11.3. The topological polar surface area (TPSA) is 158 Å². The van der Waals surface area contributed by atoms with Crippen molar-refractivity contribution in [2.24, 2.45) is 0 Å². The molecule has 0 fully saturated rings. The van der Waals surface area contributed by atoms with Gasteiger partial charge in [-0.3, -0.25) is 30.0 Å². The Balaban J connectivity index is -0.00000392. The van der Waals surface area contributed by atoms with E-state index in [1.54, 1.807) is 16.4 Å². The number of carbonyl (C=O) groups excluding carboxylic acids is 3. The van der Waals surface area contributed by atoms with Crippen molar-refractivity contribution in [3.05, 3.63) is 0 Å². The lowest BCUT2D eigenvalue weighted by molar-refractivity contribution is -0.130. The second kappa shape index (κ2) is 21.4. The highest BCUT2D eigenvalue weighted by Gasteiger charge is 2.13. The summed E-state index contributed by atoms with van der Waals surface area (Å²) in [6, 6.07) is 0. The third kappa shape index (κ3) is 18.6. The molecule has 0 aliphatic heterocycles. The summed E-state index contributed by atoms with van der Waals surface area (Å²) in [4.78, 5) is 39.9. The number of likely N-dealkylation sites (N-methyl/N-ethyl adjacent to an activating group) is 1. The number of nitrogens with zero attached hydrogens (tertiary/aromatic N) is 3. The zero-order valence-corrected chi connectivity index (χ0v) is 17.4. The predicted octanol–water partition coefficient (Wildman–Crippen LogP) is -0.109. The van der Waals surface area contributed by atoms with Crippen molar-refractivity contribution in [2.45, 2.75) is 47.5 Å². The van der Waals surface area contributed by atoms with E-state index in [1.807, 2.05) is 16.8 Å². The lowest BCUT2D eigenvalue weighted by Crippen LogP contribution is -2.41. The minimum atomic E-state index is -0.499. The lowest BCUT2D eigenvalue weighted by Gasteiger charge is -2.28. The molecule has 186 valence electrons. The lowest BCUT2D eigenvalue weighted by atomic mass is 10.3. The molecule has 3 amide bonds. The average molecular weight is 453 g/mol. The summed E-state index contributed by atoms with van der Waals surface area (Å²) >= 11 is 0. The summed E-state index contributed by atoms with van der Waals surface area (Å²) in [6.45, 7) is 7.12. The van der Waals surface area contributed by atoms with E-state index in [1.165, 1.54) is 0 Å². The van der Waals surface area contributed by atoms with Crippen molar-refractivity contribution in [1.82, 2.24) is 31.1 Å². The van der Waals surface area contributed by atoms with Crippen molar-refractivity contribution >= 4 is 17.7 Å². The molecule has 0 saturated carbocycles. The van der Waals surface area contributed by atoms with Crippen LogP contribution in [0.2, 0.25) is 0 Å². The van der Waals surface area contributed by atoms with Crippen molar-refractivity contribution in [1.29, 1.82) is 0 Å². The Morgan fingerprint density at radius 1 is 0.613 bits per heavy atom. The Morgan fingerprint density at radius 3 is 1.35 bits per heavy atom. The van der Waals surface area contributed by atoms with Crippen LogP contribution in [0.5, 0.6) is 0 Å². The standard InChI is InChI=1S/C17H36N6O6.2CH4/c1-3-7-22(12-11-21(2)8-4-15(24)18-27)13-14-23(9-5-16(25)19-28)10-6-17(26)20-29;;/h27-29H,3-14H2,1-2H3,(H,18,24)(H,19,25)(H,20,26);2*1H4. The van der Waals surface area contributed by atoms with Crippen LogP contribution in [0, 0.1) is 0 Å². The quantitative estimate of drug-likeness (QED) is 0.131. The van der Waals surface area contributed by atoms with Gasteiger partial charge in [0.05, 0.1) is 0 Å². The van der Waals surface area contributed by atoms with Crippen molar-refractivity contribution in [3.8, 4) is 0 Å². The van der Waals surface area contributed by atoms with Crippen LogP contribution in [-0.2, 0) is 14.4 Å². The molecule has 12 heteroatoms. The van der Waals surface area contributed by atoms with Gasteiger partial charge in [-0.2, -0.15) is 0 Å². The Labute approximate surface area is 186 Å². The van der Waals surface area contributed by atoms with Crippen LogP contribution in [-0.4, -0.2) is 107 Å². The number of hydroxylamine groups is 3. The van der Waals surface area contributed by atoms with E-state index in [9.17, 15) is 14.4 Å². The molecule has 0 aromatic carbocycles. The van der Waals surface area contributed by atoms with E-state index in [-0.39, 0.29) is 34.1 Å². The molecule has 0 spiro atoms. The molecule has 12 nitrogen and oxygen atoms in total. The van der Waals surface area contributed by atoms with Gasteiger partial charge in [-0.1, -0.05) is 21.8 Å². The Bertz CT molecular complexity index is 463. The maximum Gasteiger partial charge on any atom is 0.244 e. The molecule has 0 aliphatic carbocycles. The molecule has 0 aliphatic rings. The van der Waals surface area contributed by atoms with Crippen LogP contribution in [0.1, 0.15) is 47.5 Å². The van der Waals surface area contributed by atoms with Gasteiger partial charge >= 0.3 is 0 Å². The van der Waals surface area contributed by atoms with E-state index in [0.717, 1.165) is 32.6 Å². The fourth-order valence-corrected chi connectivity index (χ4v) is 2.67. The summed E-state index contributed by atoms with van der Waals surface area (Å²) in [5, 5.41) is 25.8. The largest absolute Gasteiger partial charge is 0.305 e. The molecule has 0 unspecified atom stereocenters. The van der Waals surface area contributed by atoms with Crippen molar-refractivity contribution in [3.63, 3.8) is 0 Å². The summed E-state index contributed by atoms with van der Waals surface area (Å²) in [6.07, 6.45) is 1.38. The first kappa shape index (κ1) is 33.8. The third-order valence-electron chi connectivity index (χ3n) is 4.48. The Kier molecular flexibility index (Phi) is 23.3. The first-order valence-corrected chi connectivity index (χ1v) is 9.78. The number of hydrogen-bond donors (Lipinski definition) is 6. The SMILES string of the molecule is C.C.CCCN(CCN(C)CCC(=O)NO)CCN(CCC(=O)NO)CCC(=O)NO. The van der Waals surface area contributed by atoms with Gasteiger partial charge < -0.3 is 14.7 Å². The molecule has 31 heavy (non-hydrogen) atoms. The van der Waals surface area contributed by atoms with Crippen LogP contribution in [0.4, 0.5) is 0 Å². The normalized spacial score (nSPS) is 10.5. The smallest absolute Gasteiger partial charge is 0.244 e. The van der Waals surface area contributed by atoms with Crippen LogP contribution < -0.4 is 16.4 Å². The van der Waals surface area contributed by atoms with E-state index in [0.29, 0.717) is 26.2 Å². The van der Waals surface area contributed by atoms with E-state index >= 15 is 0 Å². The molecule has 0 bridgehead atoms. The molecule has 6 N–H and O–H groups in total. The van der Waals surface area contributed by atoms with Crippen LogP contribution in [0.3, 0.4) is 0 Å². The van der Waals surface area contributed by atoms with Crippen LogP contribution in [0.25, 0.3) is 0 Å². The fraction of sp³-hybridized carbons (Fsp3) is 0.842. The van der Waals surface area contributed by atoms with Gasteiger partial charge in [-0.15, -0.1) is 0 Å². The number of nitrogens with one attached hydrogen (secondary N) is 3. The molecule has 0 heterocycles. The third-order valence-corrected chi connectivity index (χ3v) is 4.48. The molecule has 0 aromatic rings. The minimum absolute atomic E-state index is 0. The first-order valence-electron chi connectivity index (χ1n) is 9.78. The monoisotopic (exact) mass is 452 g/mol. The molecule has 0 radical (unpaired) electrons. The van der Waals surface area contributed by atoms with Crippen molar-refractivity contribution < 1.29 is 30.0 Å². The molecular weight excluding hydrogens is 408 g/mol. The number of carbonyl (C=O) groups is 3. The van der Waals surface area contributed by atoms with E-state index < -0.39 is 17.7 Å². The van der Waals surface area contributed by atoms with Gasteiger partial charge in [-0.05, 0) is 20.0 Å². The van der Waals surface area contributed by atoms with E-state index in [2.05, 4.69) is 11.8 Å². The highest BCUT2D eigenvalue weighted by atomic mass is 16.5. The highest BCUT2D eigenvalue weighted by molar-refractivity contribution is 5.75. The Hall–Kier alpha value is -1.83. The molecule has 0 saturated heterocycles. The van der Waals surface area contributed by atoms with Gasteiger partial charge in [0.15, 0.2) is 0 Å². The summed E-state index contributed by atoms with van der Waals surface area (Å²) in [5.74, 6) is -1.42. The van der Waals surface area contributed by atoms with Gasteiger partial charge in [0, 0.05) is 65.1 Å². The summed E-state index contributed by atoms with van der Waals surface area (Å²) in [7, 11) is 1.90. The first-order chi connectivity index (χ1) is 13.9. The van der Waals surface area contributed by atoms with E-state index in [4.69, 9.17) is 15.6 Å². The summed E-state index contributed by atoms with van der Waals surface area (Å²) in [5.41, 5.74) is 4.80. The second-order valence-corrected chi connectivity index (χ2v) is 6.84. The van der Waals surface area contributed by atoms with Gasteiger partial charge in [0.25, 0.3) is 0 Å². The highest BCUT2D eigenvalue weighted by Crippen LogP contribution is 2.00. The van der Waals surface area contributed by atoms with Crippen LogP contribution in [0.15, 0.2) is 0 Å². The molecule has 0 aromatic heterocycles. The summed E-state index contributed by atoms with van der Waals surface area (Å²) < 4.78 is 0. The van der Waals surface area contributed by atoms with Crippen LogP contribution >= 0.6 is 0 Å². The molecule has 0 rings (SSSR count). The van der Waals surface area contributed by atoms with Crippen molar-refractivity contribution in [2.75, 3.05) is 59.4 Å². The number of hydrogen-bond acceptors (Lipinski definition) is 9. The Morgan fingerprint density at radius 2 is 0.968 bits per heavy atom. The fourth-order valence-electron chi connectivity index (χ4n) is 2.67. The average Bonchev–Trinajstić information content (AvgIpc) is 2.73. The zero-order valence-electron chi connectivity index (χ0n) is 17.4. The molecule has 0 atom stereocenters. The van der Waals surface area contributed by atoms with Gasteiger partial charge in [0.1, 0.15) is 0 Å². The number of rotatable bonds is 17. The van der Waals surface area contributed by atoms with Gasteiger partial charge in [0.2, 0.25) is 17.7 Å². The zero-order chi connectivity index (χ0) is 22.1. The second-order valence-electron chi connectivity index (χ2n) is 6.84. The molecular formula is C19H44N6O6. The predicted molar refractivity (Wildman–Crippen MR) is 118 cm³/mol. The maximum atomic E-state index is 11.3. The van der Waals surface area contributed by atoms with Gasteiger partial charge in [-0.25, -0.2) is 16.4 Å². The number of amides is 3.